The second-order valence-electron chi connectivity index (χ2n) is 8.19. The van der Waals surface area contributed by atoms with E-state index in [9.17, 15) is 0 Å². The topological polar surface area (TPSA) is 129 Å². The quantitative estimate of drug-likeness (QED) is 0.387. The molecule has 0 saturated carbocycles. The predicted octanol–water partition coefficient (Wildman–Crippen LogP) is 2.43. The number of imidazole rings is 1. The van der Waals surface area contributed by atoms with E-state index in [1.165, 1.54) is 12.4 Å². The number of aromatic nitrogens is 7. The Morgan fingerprint density at radius 1 is 1.06 bits per heavy atom. The van der Waals surface area contributed by atoms with Crippen molar-refractivity contribution in [3.8, 4) is 22.8 Å². The number of likely N-dealkylation sites (N-methyl/N-ethyl adjacent to an activating group) is 1. The molecule has 0 spiro atoms. The van der Waals surface area contributed by atoms with E-state index in [0.717, 1.165) is 37.4 Å². The van der Waals surface area contributed by atoms with Crippen LogP contribution in [0.2, 0.25) is 0 Å². The molecule has 1 aliphatic rings. The first-order chi connectivity index (χ1) is 16.1. The number of fused-ring (bicyclic) bond motifs is 2. The highest BCUT2D eigenvalue weighted by atomic mass is 19.1. The van der Waals surface area contributed by atoms with Crippen LogP contribution in [-0.2, 0) is 0 Å². The number of nitrogens with one attached hydrogen (secondary N) is 2. The van der Waals surface area contributed by atoms with Crippen molar-refractivity contribution in [3.63, 3.8) is 0 Å². The fraction of sp³-hybridized carbons (Fsp3) is 0.227. The van der Waals surface area contributed by atoms with Gasteiger partial charge in [-0.15, -0.1) is 0 Å². The Labute approximate surface area is 187 Å². The van der Waals surface area contributed by atoms with E-state index in [1.807, 2.05) is 6.07 Å². The first-order valence-electron chi connectivity index (χ1n) is 10.6. The van der Waals surface area contributed by atoms with E-state index in [2.05, 4.69) is 47.0 Å². The smallest absolute Gasteiger partial charge is 0.161 e. The second kappa shape index (κ2) is 7.48. The Bertz CT molecular complexity index is 1480. The van der Waals surface area contributed by atoms with Crippen LogP contribution in [0.3, 0.4) is 0 Å². The van der Waals surface area contributed by atoms with Crippen LogP contribution in [0.5, 0.6) is 0 Å². The van der Waals surface area contributed by atoms with E-state index in [1.54, 1.807) is 18.5 Å². The van der Waals surface area contributed by atoms with Crippen molar-refractivity contribution >= 4 is 33.4 Å². The summed E-state index contributed by atoms with van der Waals surface area (Å²) in [4.78, 5) is 25.3. The molecule has 0 radical (unpaired) electrons. The molecule has 5 aromatic heterocycles. The third-order valence-electron chi connectivity index (χ3n) is 6.01. The van der Waals surface area contributed by atoms with Crippen LogP contribution >= 0.6 is 0 Å². The molecule has 0 amide bonds. The van der Waals surface area contributed by atoms with Gasteiger partial charge in [-0.2, -0.15) is 5.10 Å². The van der Waals surface area contributed by atoms with Crippen LogP contribution in [0, 0.1) is 5.82 Å². The molecular formula is C22H21FN10. The second-order valence-corrected chi connectivity index (χ2v) is 8.19. The number of hydrogen-bond donors (Lipinski definition) is 3. The van der Waals surface area contributed by atoms with Gasteiger partial charge < -0.3 is 20.5 Å². The molecule has 33 heavy (non-hydrogen) atoms. The van der Waals surface area contributed by atoms with E-state index < -0.39 is 5.82 Å². The van der Waals surface area contributed by atoms with Gasteiger partial charge in [0.15, 0.2) is 17.3 Å². The van der Waals surface area contributed by atoms with E-state index in [4.69, 9.17) is 10.7 Å². The molecule has 4 N–H and O–H groups in total. The van der Waals surface area contributed by atoms with Crippen molar-refractivity contribution in [2.45, 2.75) is 0 Å². The third-order valence-corrected chi connectivity index (χ3v) is 6.01. The van der Waals surface area contributed by atoms with Gasteiger partial charge in [0.25, 0.3) is 0 Å². The molecule has 11 heteroatoms. The summed E-state index contributed by atoms with van der Waals surface area (Å²) in [5.74, 6) is -0.0802. The van der Waals surface area contributed by atoms with Crippen LogP contribution in [0.15, 0.2) is 36.9 Å². The number of aromatic amines is 2. The highest BCUT2D eigenvalue weighted by molar-refractivity contribution is 5.96. The summed E-state index contributed by atoms with van der Waals surface area (Å²) in [6, 6.07) is 3.60. The molecule has 1 fully saturated rings. The summed E-state index contributed by atoms with van der Waals surface area (Å²) < 4.78 is 15.7. The molecule has 0 aliphatic carbocycles. The minimum atomic E-state index is -0.517. The fourth-order valence-electron chi connectivity index (χ4n) is 4.25. The summed E-state index contributed by atoms with van der Waals surface area (Å²) in [6.07, 6.45) is 6.34. The zero-order valence-electron chi connectivity index (χ0n) is 17.9. The number of nitrogens with two attached hydrogens (primary N) is 1. The standard InChI is InChI=1S/C22H21FN10/c1-32-4-6-33(7-5-32)15-2-3-26-21-19(15)28-22(29-21)20-16-14(30-31-20)11-27-18(17(16)23)12-8-13(24)10-25-9-12/h2-3,8-11H,4-7,24H2,1H3,(H,30,31)(H,26,28,29). The minimum absolute atomic E-state index is 0.150. The Kier molecular flexibility index (Phi) is 4.44. The number of rotatable bonds is 3. The lowest BCUT2D eigenvalue weighted by Gasteiger charge is -2.33. The number of anilines is 2. The van der Waals surface area contributed by atoms with Gasteiger partial charge >= 0.3 is 0 Å². The molecule has 5 aromatic rings. The summed E-state index contributed by atoms with van der Waals surface area (Å²) in [5, 5.41) is 7.49. The van der Waals surface area contributed by atoms with Gasteiger partial charge in [-0.25, -0.2) is 14.4 Å². The normalized spacial score (nSPS) is 15.0. The molecule has 0 aromatic carbocycles. The van der Waals surface area contributed by atoms with Crippen LogP contribution in [0.4, 0.5) is 15.8 Å². The van der Waals surface area contributed by atoms with Crippen LogP contribution in [0.25, 0.3) is 44.8 Å². The molecule has 0 unspecified atom stereocenters. The highest BCUT2D eigenvalue weighted by Gasteiger charge is 2.23. The Morgan fingerprint density at radius 2 is 1.91 bits per heavy atom. The number of nitrogen functional groups attached to an aromatic ring is 1. The first kappa shape index (κ1) is 19.6. The molecule has 166 valence electrons. The van der Waals surface area contributed by atoms with Gasteiger partial charge in [0, 0.05) is 50.3 Å². The SMILES string of the molecule is CN1CCN(c2ccnc3[nH]c(-c4n[nH]c5cnc(-c6cncc(N)c6)c(F)c45)nc23)CC1. The number of hydrogen-bond acceptors (Lipinski definition) is 8. The van der Waals surface area contributed by atoms with Gasteiger partial charge in [0.2, 0.25) is 0 Å². The van der Waals surface area contributed by atoms with Crippen molar-refractivity contribution in [1.29, 1.82) is 0 Å². The summed E-state index contributed by atoms with van der Waals surface area (Å²) in [5.41, 5.74) is 10.1. The van der Waals surface area contributed by atoms with Gasteiger partial charge in [0.1, 0.15) is 16.9 Å². The molecule has 10 nitrogen and oxygen atoms in total. The molecular weight excluding hydrogens is 423 g/mol. The van der Waals surface area contributed by atoms with Crippen LogP contribution in [-0.4, -0.2) is 73.2 Å². The Morgan fingerprint density at radius 3 is 2.73 bits per heavy atom. The van der Waals surface area contributed by atoms with Crippen molar-refractivity contribution in [2.75, 3.05) is 43.9 Å². The van der Waals surface area contributed by atoms with Crippen LogP contribution < -0.4 is 10.6 Å². The Balaban J connectivity index is 1.48. The fourth-order valence-corrected chi connectivity index (χ4v) is 4.25. The Hall–Kier alpha value is -4.12. The molecule has 0 atom stereocenters. The minimum Gasteiger partial charge on any atom is -0.397 e. The van der Waals surface area contributed by atoms with Crippen molar-refractivity contribution in [2.24, 2.45) is 0 Å². The predicted molar refractivity (Wildman–Crippen MR) is 124 cm³/mol. The summed E-state index contributed by atoms with van der Waals surface area (Å²) in [7, 11) is 2.12. The maximum atomic E-state index is 15.7. The lowest BCUT2D eigenvalue weighted by molar-refractivity contribution is 0.313. The monoisotopic (exact) mass is 444 g/mol. The van der Waals surface area contributed by atoms with Crippen molar-refractivity contribution < 1.29 is 4.39 Å². The summed E-state index contributed by atoms with van der Waals surface area (Å²) >= 11 is 0. The van der Waals surface area contributed by atoms with Gasteiger partial charge in [-0.3, -0.25) is 15.1 Å². The molecule has 6 heterocycles. The lowest BCUT2D eigenvalue weighted by Crippen LogP contribution is -2.44. The number of halogens is 1. The third kappa shape index (κ3) is 3.24. The van der Waals surface area contributed by atoms with E-state index >= 15 is 4.39 Å². The van der Waals surface area contributed by atoms with Crippen LogP contribution in [0.1, 0.15) is 0 Å². The molecule has 1 aliphatic heterocycles. The lowest BCUT2D eigenvalue weighted by atomic mass is 10.1. The highest BCUT2D eigenvalue weighted by Crippen LogP contribution is 2.34. The van der Waals surface area contributed by atoms with Gasteiger partial charge in [-0.05, 0) is 19.2 Å². The van der Waals surface area contributed by atoms with Crippen molar-refractivity contribution in [1.82, 2.24) is 40.0 Å². The largest absolute Gasteiger partial charge is 0.397 e. The van der Waals surface area contributed by atoms with E-state index in [0.29, 0.717) is 39.3 Å². The zero-order valence-corrected chi connectivity index (χ0v) is 17.9. The van der Waals surface area contributed by atoms with E-state index in [-0.39, 0.29) is 5.69 Å². The average molecular weight is 444 g/mol. The van der Waals surface area contributed by atoms with Crippen molar-refractivity contribution in [3.05, 3.63) is 42.7 Å². The number of H-pyrrole nitrogens is 2. The number of piperazine rings is 1. The molecule has 1 saturated heterocycles. The first-order valence-corrected chi connectivity index (χ1v) is 10.6. The zero-order chi connectivity index (χ0) is 22.5. The maximum Gasteiger partial charge on any atom is 0.161 e. The molecule has 6 rings (SSSR count). The maximum absolute atomic E-state index is 15.7. The summed E-state index contributed by atoms with van der Waals surface area (Å²) in [6.45, 7) is 3.76. The van der Waals surface area contributed by atoms with Gasteiger partial charge in [0.05, 0.1) is 28.5 Å². The average Bonchev–Trinajstić information content (AvgIpc) is 3.44. The number of nitrogens with zero attached hydrogens (tertiary/aromatic N) is 7. The van der Waals surface area contributed by atoms with Gasteiger partial charge in [-0.1, -0.05) is 0 Å². The molecule has 0 bridgehead atoms. The number of pyridine rings is 3.